The minimum atomic E-state index is 0.297. The lowest BCUT2D eigenvalue weighted by Crippen LogP contribution is -2.50. The van der Waals surface area contributed by atoms with E-state index in [4.69, 9.17) is 9.78 Å². The maximum Gasteiger partial charge on any atom is 0.0853 e. The first kappa shape index (κ1) is 34.3. The van der Waals surface area contributed by atoms with Gasteiger partial charge in [0.1, 0.15) is 0 Å². The molecule has 0 aliphatic heterocycles. The third-order valence-electron chi connectivity index (χ3n) is 12.1. The fourth-order valence-corrected chi connectivity index (χ4v) is 9.89. The normalized spacial score (nSPS) is 34.2. The topological polar surface area (TPSA) is 58.9 Å². The Bertz CT molecular complexity index is 626. The molecule has 3 fully saturated rings. The van der Waals surface area contributed by atoms with E-state index in [-0.39, 0.29) is 0 Å². The zero-order valence-electron chi connectivity index (χ0n) is 26.8. The maximum absolute atomic E-state index is 9.82. The van der Waals surface area contributed by atoms with Gasteiger partial charge in [0.15, 0.2) is 0 Å². The van der Waals surface area contributed by atoms with Gasteiger partial charge in [-0.05, 0) is 85.9 Å². The van der Waals surface area contributed by atoms with E-state index in [1.165, 1.54) is 161 Å². The van der Waals surface area contributed by atoms with Crippen LogP contribution in [0.25, 0.3) is 0 Å². The van der Waals surface area contributed by atoms with Gasteiger partial charge in [0, 0.05) is 0 Å². The van der Waals surface area contributed by atoms with E-state index in [1.807, 2.05) is 0 Å². The van der Waals surface area contributed by atoms with E-state index < -0.39 is 0 Å². The molecule has 0 heterocycles. The molecule has 7 atom stereocenters. The molecule has 0 saturated heterocycles. The van der Waals surface area contributed by atoms with E-state index >= 15 is 0 Å². The van der Waals surface area contributed by atoms with Crippen molar-refractivity contribution in [3.05, 3.63) is 0 Å². The van der Waals surface area contributed by atoms with Gasteiger partial charge in [0.05, 0.1) is 13.2 Å². The van der Waals surface area contributed by atoms with Crippen LogP contribution in [-0.2, 0) is 9.78 Å². The van der Waals surface area contributed by atoms with Gasteiger partial charge in [-0.3, -0.25) is 10.5 Å². The van der Waals surface area contributed by atoms with Gasteiger partial charge < -0.3 is 0 Å². The Morgan fingerprint density at radius 3 is 1.88 bits per heavy atom. The fraction of sp³-hybridized carbons (Fsp3) is 1.00. The number of rotatable bonds is 16. The molecule has 0 amide bonds. The van der Waals surface area contributed by atoms with Crippen molar-refractivity contribution < 1.29 is 20.3 Å². The first-order valence-electron chi connectivity index (χ1n) is 18.2. The minimum Gasteiger partial charge on any atom is -0.252 e. The lowest BCUT2D eigenvalue weighted by Gasteiger charge is -2.57. The van der Waals surface area contributed by atoms with Crippen LogP contribution in [0.5, 0.6) is 0 Å². The molecule has 0 aromatic heterocycles. The first-order chi connectivity index (χ1) is 19.7. The number of hydrogen-bond donors (Lipinski definition) is 2. The van der Waals surface area contributed by atoms with Crippen molar-refractivity contribution in [3.8, 4) is 0 Å². The summed E-state index contributed by atoms with van der Waals surface area (Å²) in [4.78, 5) is 9.95. The lowest BCUT2D eigenvalue weighted by atomic mass is 9.48. The van der Waals surface area contributed by atoms with Crippen LogP contribution < -0.4 is 0 Å². The van der Waals surface area contributed by atoms with Gasteiger partial charge in [-0.2, -0.15) is 0 Å². The summed E-state index contributed by atoms with van der Waals surface area (Å²) in [5.41, 5.74) is 0.297. The summed E-state index contributed by atoms with van der Waals surface area (Å²) in [6.07, 6.45) is 33.4. The van der Waals surface area contributed by atoms with Crippen molar-refractivity contribution in [2.75, 3.05) is 13.2 Å². The molecule has 3 rings (SSSR count). The molecule has 2 N–H and O–H groups in total. The van der Waals surface area contributed by atoms with E-state index in [2.05, 4.69) is 13.8 Å². The van der Waals surface area contributed by atoms with Crippen molar-refractivity contribution in [1.82, 2.24) is 0 Å². The van der Waals surface area contributed by atoms with Crippen molar-refractivity contribution in [2.24, 2.45) is 40.9 Å². The Balaban J connectivity index is 1.97. The Labute approximate surface area is 248 Å². The summed E-state index contributed by atoms with van der Waals surface area (Å²) in [5, 5.41) is 19.4. The molecule has 0 aromatic rings. The van der Waals surface area contributed by atoms with Gasteiger partial charge >= 0.3 is 0 Å². The molecule has 0 radical (unpaired) electrons. The van der Waals surface area contributed by atoms with Crippen molar-refractivity contribution >= 4 is 0 Å². The third kappa shape index (κ3) is 10.2. The second-order valence-corrected chi connectivity index (χ2v) is 14.5. The van der Waals surface area contributed by atoms with Crippen LogP contribution in [0.4, 0.5) is 0 Å². The minimum absolute atomic E-state index is 0.297. The summed E-state index contributed by atoms with van der Waals surface area (Å²) in [6.45, 7) is 5.70. The molecule has 40 heavy (non-hydrogen) atoms. The molecule has 236 valence electrons. The van der Waals surface area contributed by atoms with Gasteiger partial charge in [-0.1, -0.05) is 129 Å². The number of hydrogen-bond acceptors (Lipinski definition) is 4. The number of unbranched alkanes of at least 4 members (excludes halogenated alkanes) is 6. The predicted octanol–water partition coefficient (Wildman–Crippen LogP) is 11.5. The molecule has 0 aromatic carbocycles. The van der Waals surface area contributed by atoms with Crippen LogP contribution in [0.1, 0.15) is 174 Å². The summed E-state index contributed by atoms with van der Waals surface area (Å²) < 4.78 is 0. The monoisotopic (exact) mass is 565 g/mol. The van der Waals surface area contributed by atoms with E-state index in [1.54, 1.807) is 0 Å². The van der Waals surface area contributed by atoms with Crippen LogP contribution in [0.2, 0.25) is 0 Å². The molecule has 1 spiro atoms. The van der Waals surface area contributed by atoms with Crippen LogP contribution in [0.15, 0.2) is 0 Å². The Kier molecular flexibility index (Phi) is 17.1. The first-order valence-corrected chi connectivity index (χ1v) is 18.2. The largest absolute Gasteiger partial charge is 0.252 e. The zero-order valence-corrected chi connectivity index (χ0v) is 26.8. The van der Waals surface area contributed by atoms with Gasteiger partial charge in [0.2, 0.25) is 0 Å². The van der Waals surface area contributed by atoms with Crippen molar-refractivity contribution in [2.45, 2.75) is 174 Å². The van der Waals surface area contributed by atoms with E-state index in [0.717, 1.165) is 11.8 Å². The molecular formula is C36H68O4. The third-order valence-corrected chi connectivity index (χ3v) is 12.1. The van der Waals surface area contributed by atoms with Crippen molar-refractivity contribution in [3.63, 3.8) is 0 Å². The Morgan fingerprint density at radius 2 is 1.20 bits per heavy atom. The van der Waals surface area contributed by atoms with Gasteiger partial charge in [0.25, 0.3) is 0 Å². The van der Waals surface area contributed by atoms with Crippen LogP contribution in [0, 0.1) is 40.9 Å². The zero-order chi connectivity index (χ0) is 28.5. The average Bonchev–Trinajstić information content (AvgIpc) is 2.94. The highest BCUT2D eigenvalue weighted by Crippen LogP contribution is 2.60. The Hall–Kier alpha value is -0.160. The highest BCUT2D eigenvalue weighted by Gasteiger charge is 2.52. The van der Waals surface area contributed by atoms with E-state index in [0.29, 0.717) is 42.3 Å². The van der Waals surface area contributed by atoms with Gasteiger partial charge in [-0.15, -0.1) is 0 Å². The van der Waals surface area contributed by atoms with Crippen LogP contribution in [-0.4, -0.2) is 23.7 Å². The highest BCUT2D eigenvalue weighted by molar-refractivity contribution is 5.02. The molecule has 6 unspecified atom stereocenters. The maximum atomic E-state index is 9.82. The second-order valence-electron chi connectivity index (χ2n) is 14.5. The molecule has 4 nitrogen and oxygen atoms in total. The van der Waals surface area contributed by atoms with Crippen LogP contribution in [0.3, 0.4) is 0 Å². The fourth-order valence-electron chi connectivity index (χ4n) is 9.89. The highest BCUT2D eigenvalue weighted by atomic mass is 17.1. The molecule has 3 aliphatic rings. The lowest BCUT2D eigenvalue weighted by molar-refractivity contribution is -0.266. The molecule has 3 aliphatic carbocycles. The second kappa shape index (κ2) is 19.9. The molecular weight excluding hydrogens is 496 g/mol. The summed E-state index contributed by atoms with van der Waals surface area (Å²) in [7, 11) is 0. The SMILES string of the molecule is CCCCCCC1CC[C@@]2(CCCCCCC2COO)C(CC2CCCCCCC2COO)C1CCCCCC. The van der Waals surface area contributed by atoms with Crippen molar-refractivity contribution in [1.29, 1.82) is 0 Å². The summed E-state index contributed by atoms with van der Waals surface area (Å²) in [5.74, 6) is 3.97. The average molecular weight is 565 g/mol. The smallest absolute Gasteiger partial charge is 0.0853 e. The molecule has 4 heteroatoms. The van der Waals surface area contributed by atoms with Gasteiger partial charge in [-0.25, -0.2) is 9.78 Å². The van der Waals surface area contributed by atoms with Crippen LogP contribution >= 0.6 is 0 Å². The predicted molar refractivity (Wildman–Crippen MR) is 167 cm³/mol. The quantitative estimate of drug-likeness (QED) is 0.111. The standard InChI is InChI=1S/C36H68O4/c1-3-5-7-13-19-30-24-26-36(25-18-12-11-16-22-33(36)29-40-38)35(34(30)23-17-8-6-4-2)27-31-20-14-9-10-15-21-32(31)28-39-37/h30-35,37-38H,3-29H2,1-2H3/t30?,31?,32?,33?,34?,35?,36-/m1/s1. The summed E-state index contributed by atoms with van der Waals surface area (Å²) in [6, 6.07) is 0. The van der Waals surface area contributed by atoms with E-state index in [9.17, 15) is 10.5 Å². The summed E-state index contributed by atoms with van der Waals surface area (Å²) >= 11 is 0. The molecule has 3 saturated carbocycles. The molecule has 0 bridgehead atoms. The Morgan fingerprint density at radius 1 is 0.575 bits per heavy atom.